The number of carbonyl (C=O) groups excluding carboxylic acids is 1. The van der Waals surface area contributed by atoms with Gasteiger partial charge in [0.25, 0.3) is 0 Å². The van der Waals surface area contributed by atoms with Gasteiger partial charge in [0.1, 0.15) is 5.75 Å². The largest absolute Gasteiger partial charge is 0.293 e. The van der Waals surface area contributed by atoms with Crippen LogP contribution in [0.4, 0.5) is 0 Å². The van der Waals surface area contributed by atoms with Crippen LogP contribution in [0.15, 0.2) is 66.1 Å². The van der Waals surface area contributed by atoms with Crippen LogP contribution in [0.5, 0.6) is 0 Å². The smallest absolute Gasteiger partial charge is 0.179 e. The predicted octanol–water partition coefficient (Wildman–Crippen LogP) is 2.96. The Kier molecular flexibility index (Phi) is 4.48. The molecular formula is C16H14O3S. The molecule has 0 fully saturated rings. The maximum absolute atomic E-state index is 11.9. The molecule has 2 rings (SSSR count). The summed E-state index contributed by atoms with van der Waals surface area (Å²) in [7, 11) is -3.56. The number of ketones is 1. The van der Waals surface area contributed by atoms with Crippen molar-refractivity contribution in [1.82, 2.24) is 0 Å². The van der Waals surface area contributed by atoms with Gasteiger partial charge in [-0.15, -0.1) is 0 Å². The standard InChI is InChI=1S/C16H14O3S/c17-16(15-9-5-2-6-10-15)13-20(18,19)12-11-14-7-3-1-4-8-14/h1-12H,13H2/b12-11+. The molecule has 0 saturated heterocycles. The molecule has 0 aliphatic heterocycles. The van der Waals surface area contributed by atoms with Gasteiger partial charge in [-0.3, -0.25) is 4.79 Å². The number of hydrogen-bond donors (Lipinski definition) is 0. The molecule has 3 nitrogen and oxygen atoms in total. The minimum Gasteiger partial charge on any atom is -0.293 e. The van der Waals surface area contributed by atoms with E-state index in [1.54, 1.807) is 42.5 Å². The van der Waals surface area contributed by atoms with Gasteiger partial charge < -0.3 is 0 Å². The van der Waals surface area contributed by atoms with Gasteiger partial charge in [-0.05, 0) is 11.6 Å². The lowest BCUT2D eigenvalue weighted by Crippen LogP contribution is -2.13. The Hall–Kier alpha value is -2.20. The average molecular weight is 286 g/mol. The maximum atomic E-state index is 11.9. The zero-order chi connectivity index (χ0) is 14.4. The van der Waals surface area contributed by atoms with Crippen LogP contribution in [0.1, 0.15) is 15.9 Å². The summed E-state index contributed by atoms with van der Waals surface area (Å²) in [6.45, 7) is 0. The third kappa shape index (κ3) is 4.17. The monoisotopic (exact) mass is 286 g/mol. The van der Waals surface area contributed by atoms with Crippen molar-refractivity contribution < 1.29 is 13.2 Å². The molecule has 2 aromatic carbocycles. The first-order valence-corrected chi connectivity index (χ1v) is 7.82. The zero-order valence-corrected chi connectivity index (χ0v) is 11.6. The van der Waals surface area contributed by atoms with Crippen LogP contribution in [-0.2, 0) is 9.84 Å². The highest BCUT2D eigenvalue weighted by Crippen LogP contribution is 2.07. The summed E-state index contributed by atoms with van der Waals surface area (Å²) >= 11 is 0. The molecule has 0 aromatic heterocycles. The number of carbonyl (C=O) groups is 1. The van der Waals surface area contributed by atoms with Gasteiger partial charge in [-0.2, -0.15) is 0 Å². The zero-order valence-electron chi connectivity index (χ0n) is 10.8. The lowest BCUT2D eigenvalue weighted by atomic mass is 10.2. The van der Waals surface area contributed by atoms with Crippen LogP contribution >= 0.6 is 0 Å². The Morgan fingerprint density at radius 3 is 2.05 bits per heavy atom. The van der Waals surface area contributed by atoms with E-state index < -0.39 is 21.4 Å². The van der Waals surface area contributed by atoms with Crippen molar-refractivity contribution >= 4 is 21.7 Å². The second-order valence-electron chi connectivity index (χ2n) is 4.31. The second-order valence-corrected chi connectivity index (χ2v) is 6.20. The first-order valence-electron chi connectivity index (χ1n) is 6.11. The average Bonchev–Trinajstić information content (AvgIpc) is 2.47. The van der Waals surface area contributed by atoms with Gasteiger partial charge in [0.05, 0.1) is 0 Å². The first-order chi connectivity index (χ1) is 9.57. The fourth-order valence-electron chi connectivity index (χ4n) is 1.68. The molecule has 0 bridgehead atoms. The Morgan fingerprint density at radius 2 is 1.45 bits per heavy atom. The topological polar surface area (TPSA) is 51.2 Å². The van der Waals surface area contributed by atoms with Gasteiger partial charge in [0, 0.05) is 11.0 Å². The highest BCUT2D eigenvalue weighted by molar-refractivity contribution is 7.95. The molecule has 20 heavy (non-hydrogen) atoms. The maximum Gasteiger partial charge on any atom is 0.179 e. The van der Waals surface area contributed by atoms with Crippen LogP contribution in [0, 0.1) is 0 Å². The van der Waals surface area contributed by atoms with Crippen molar-refractivity contribution in [2.24, 2.45) is 0 Å². The quantitative estimate of drug-likeness (QED) is 0.794. The SMILES string of the molecule is O=C(CS(=O)(=O)/C=C/c1ccccc1)c1ccccc1. The van der Waals surface area contributed by atoms with Gasteiger partial charge in [-0.25, -0.2) is 8.42 Å². The number of sulfone groups is 1. The van der Waals surface area contributed by atoms with E-state index in [-0.39, 0.29) is 0 Å². The number of rotatable bonds is 5. The van der Waals surface area contributed by atoms with Crippen LogP contribution in [-0.4, -0.2) is 20.0 Å². The molecular weight excluding hydrogens is 272 g/mol. The molecule has 0 N–H and O–H groups in total. The van der Waals surface area contributed by atoms with Crippen molar-refractivity contribution in [3.63, 3.8) is 0 Å². The molecule has 0 radical (unpaired) electrons. The molecule has 0 saturated carbocycles. The molecule has 2 aromatic rings. The minimum absolute atomic E-state index is 0.400. The highest BCUT2D eigenvalue weighted by atomic mass is 32.2. The summed E-state index contributed by atoms with van der Waals surface area (Å²) < 4.78 is 23.8. The number of benzene rings is 2. The van der Waals surface area contributed by atoms with E-state index in [2.05, 4.69) is 0 Å². The lowest BCUT2D eigenvalue weighted by molar-refractivity contribution is 0.102. The lowest BCUT2D eigenvalue weighted by Gasteiger charge is -1.99. The Morgan fingerprint density at radius 1 is 0.900 bits per heavy atom. The van der Waals surface area contributed by atoms with Crippen molar-refractivity contribution in [3.05, 3.63) is 77.2 Å². The fourth-order valence-corrected chi connectivity index (χ4v) is 2.68. The van der Waals surface area contributed by atoms with Crippen molar-refractivity contribution in [3.8, 4) is 0 Å². The normalized spacial score (nSPS) is 11.6. The van der Waals surface area contributed by atoms with Crippen LogP contribution in [0.3, 0.4) is 0 Å². The van der Waals surface area contributed by atoms with E-state index >= 15 is 0 Å². The van der Waals surface area contributed by atoms with Gasteiger partial charge in [-0.1, -0.05) is 60.7 Å². The van der Waals surface area contributed by atoms with Gasteiger partial charge >= 0.3 is 0 Å². The van der Waals surface area contributed by atoms with Crippen molar-refractivity contribution in [2.45, 2.75) is 0 Å². The van der Waals surface area contributed by atoms with Gasteiger partial charge in [0.2, 0.25) is 0 Å². The van der Waals surface area contributed by atoms with Crippen LogP contribution in [0.2, 0.25) is 0 Å². The van der Waals surface area contributed by atoms with E-state index in [9.17, 15) is 13.2 Å². The number of hydrogen-bond acceptors (Lipinski definition) is 3. The Labute approximate surface area is 118 Å². The third-order valence-corrected chi connectivity index (χ3v) is 3.91. The summed E-state index contributed by atoms with van der Waals surface area (Å²) in [6, 6.07) is 17.5. The molecule has 0 spiro atoms. The van der Waals surface area contributed by atoms with Crippen LogP contribution < -0.4 is 0 Å². The van der Waals surface area contributed by atoms with Crippen molar-refractivity contribution in [2.75, 3.05) is 5.75 Å². The van der Waals surface area contributed by atoms with E-state index in [0.29, 0.717) is 5.56 Å². The number of Topliss-reactive ketones (excluding diaryl/α,β-unsaturated/α-hetero) is 1. The predicted molar refractivity (Wildman–Crippen MR) is 80.0 cm³/mol. The molecule has 4 heteroatoms. The molecule has 0 amide bonds. The minimum atomic E-state index is -3.56. The van der Waals surface area contributed by atoms with Crippen LogP contribution in [0.25, 0.3) is 6.08 Å². The van der Waals surface area contributed by atoms with Crippen molar-refractivity contribution in [1.29, 1.82) is 0 Å². The summed E-state index contributed by atoms with van der Waals surface area (Å²) in [5.74, 6) is -0.913. The molecule has 0 unspecified atom stereocenters. The van der Waals surface area contributed by atoms with Gasteiger partial charge in [0.15, 0.2) is 15.6 Å². The van der Waals surface area contributed by atoms with E-state index in [1.165, 1.54) is 6.08 Å². The summed E-state index contributed by atoms with van der Waals surface area (Å²) in [5.41, 5.74) is 1.19. The second kappa shape index (κ2) is 6.30. The first kappa shape index (κ1) is 14.2. The Bertz CT molecular complexity index is 702. The van der Waals surface area contributed by atoms with E-state index in [0.717, 1.165) is 11.0 Å². The Balaban J connectivity index is 2.09. The molecule has 102 valence electrons. The third-order valence-electron chi connectivity index (χ3n) is 2.70. The molecule has 0 atom stereocenters. The summed E-state index contributed by atoms with van der Waals surface area (Å²) in [6.07, 6.45) is 1.49. The summed E-state index contributed by atoms with van der Waals surface area (Å²) in [4.78, 5) is 11.9. The van der Waals surface area contributed by atoms with E-state index in [4.69, 9.17) is 0 Å². The fraction of sp³-hybridized carbons (Fsp3) is 0.0625. The molecule has 0 aliphatic rings. The molecule has 0 heterocycles. The summed E-state index contributed by atoms with van der Waals surface area (Å²) in [5, 5.41) is 1.09. The van der Waals surface area contributed by atoms with E-state index in [1.807, 2.05) is 18.2 Å². The highest BCUT2D eigenvalue weighted by Gasteiger charge is 2.14. The molecule has 0 aliphatic carbocycles.